The van der Waals surface area contributed by atoms with E-state index in [4.69, 9.17) is 10.7 Å². The van der Waals surface area contributed by atoms with E-state index in [0.29, 0.717) is 0 Å². The zero-order chi connectivity index (χ0) is 15.5. The van der Waals surface area contributed by atoms with Gasteiger partial charge in [0.05, 0.1) is 17.1 Å². The summed E-state index contributed by atoms with van der Waals surface area (Å²) in [5.74, 6) is 0.990. The van der Waals surface area contributed by atoms with Crippen LogP contribution in [0.15, 0.2) is 48.5 Å². The number of hydrogen-bond donors (Lipinski definition) is 1. The Kier molecular flexibility index (Phi) is 4.25. The number of fused-ring (bicyclic) bond motifs is 1. The van der Waals surface area contributed by atoms with E-state index in [1.807, 2.05) is 6.07 Å². The molecule has 1 heterocycles. The van der Waals surface area contributed by atoms with Crippen LogP contribution in [0.4, 0.5) is 0 Å². The van der Waals surface area contributed by atoms with Crippen molar-refractivity contribution in [3.63, 3.8) is 0 Å². The van der Waals surface area contributed by atoms with Gasteiger partial charge in [-0.2, -0.15) is 0 Å². The van der Waals surface area contributed by atoms with Crippen LogP contribution in [0.2, 0.25) is 0 Å². The zero-order valence-electron chi connectivity index (χ0n) is 13.3. The van der Waals surface area contributed by atoms with Crippen molar-refractivity contribution in [1.82, 2.24) is 9.55 Å². The number of hydrogen-bond acceptors (Lipinski definition) is 2. The molecule has 3 heteroatoms. The fraction of sp³-hybridized carbons (Fsp3) is 0.316. The lowest BCUT2D eigenvalue weighted by Crippen LogP contribution is -2.17. The molecule has 3 aromatic rings. The normalized spacial score (nSPS) is 12.7. The van der Waals surface area contributed by atoms with Crippen molar-refractivity contribution in [1.29, 1.82) is 0 Å². The minimum Gasteiger partial charge on any atom is -0.322 e. The lowest BCUT2D eigenvalue weighted by atomic mass is 10.1. The van der Waals surface area contributed by atoms with Gasteiger partial charge in [0, 0.05) is 6.54 Å². The summed E-state index contributed by atoms with van der Waals surface area (Å²) < 4.78 is 2.27. The molecule has 0 fully saturated rings. The molecule has 2 aromatic carbocycles. The SMILES string of the molecule is CCC[C@H](N)c1nc2ccccc2n1Cc1cccc(C)c1. The average Bonchev–Trinajstić information content (AvgIpc) is 2.87. The molecule has 0 aliphatic carbocycles. The maximum Gasteiger partial charge on any atom is 0.127 e. The smallest absolute Gasteiger partial charge is 0.127 e. The van der Waals surface area contributed by atoms with Crippen molar-refractivity contribution in [2.75, 3.05) is 0 Å². The fourth-order valence-electron chi connectivity index (χ4n) is 2.98. The first-order valence-corrected chi connectivity index (χ1v) is 7.95. The first kappa shape index (κ1) is 14.8. The monoisotopic (exact) mass is 293 g/mol. The topological polar surface area (TPSA) is 43.8 Å². The molecule has 0 unspecified atom stereocenters. The van der Waals surface area contributed by atoms with E-state index in [9.17, 15) is 0 Å². The molecule has 1 aromatic heterocycles. The van der Waals surface area contributed by atoms with Crippen LogP contribution in [0.1, 0.15) is 42.8 Å². The van der Waals surface area contributed by atoms with Crippen molar-refractivity contribution in [3.05, 3.63) is 65.5 Å². The van der Waals surface area contributed by atoms with E-state index in [2.05, 4.69) is 60.9 Å². The quantitative estimate of drug-likeness (QED) is 0.766. The maximum absolute atomic E-state index is 6.37. The third-order valence-electron chi connectivity index (χ3n) is 4.04. The summed E-state index contributed by atoms with van der Waals surface area (Å²) in [6.45, 7) is 5.10. The first-order chi connectivity index (χ1) is 10.7. The summed E-state index contributed by atoms with van der Waals surface area (Å²) in [7, 11) is 0. The molecule has 3 nitrogen and oxygen atoms in total. The van der Waals surface area contributed by atoms with Gasteiger partial charge in [0.15, 0.2) is 0 Å². The third-order valence-corrected chi connectivity index (χ3v) is 4.04. The minimum absolute atomic E-state index is 0.0118. The van der Waals surface area contributed by atoms with E-state index in [-0.39, 0.29) is 6.04 Å². The second-order valence-electron chi connectivity index (χ2n) is 5.93. The number of benzene rings is 2. The predicted molar refractivity (Wildman–Crippen MR) is 91.9 cm³/mol. The van der Waals surface area contributed by atoms with Crippen molar-refractivity contribution >= 4 is 11.0 Å². The zero-order valence-corrected chi connectivity index (χ0v) is 13.3. The van der Waals surface area contributed by atoms with Crippen LogP contribution in [-0.4, -0.2) is 9.55 Å². The molecule has 0 aliphatic heterocycles. The lowest BCUT2D eigenvalue weighted by molar-refractivity contribution is 0.572. The summed E-state index contributed by atoms with van der Waals surface area (Å²) in [6, 6.07) is 16.9. The van der Waals surface area contributed by atoms with E-state index in [1.165, 1.54) is 11.1 Å². The number of nitrogens with two attached hydrogens (primary N) is 1. The first-order valence-electron chi connectivity index (χ1n) is 7.95. The lowest BCUT2D eigenvalue weighted by Gasteiger charge is -2.14. The number of rotatable bonds is 5. The number of aryl methyl sites for hydroxylation is 1. The molecule has 1 atom stereocenters. The molecular formula is C19H23N3. The Hall–Kier alpha value is -2.13. The molecule has 0 bridgehead atoms. The Morgan fingerprint density at radius 1 is 1.14 bits per heavy atom. The molecule has 0 saturated heterocycles. The molecule has 114 valence electrons. The van der Waals surface area contributed by atoms with Crippen LogP contribution in [0.3, 0.4) is 0 Å². The standard InChI is InChI=1S/C19H23N3/c1-3-7-16(20)19-21-17-10-4-5-11-18(17)22(19)13-15-9-6-8-14(2)12-15/h4-6,8-12,16H,3,7,13,20H2,1-2H3/t16-/m0/s1. The fourth-order valence-corrected chi connectivity index (χ4v) is 2.98. The number of aromatic nitrogens is 2. The van der Waals surface area contributed by atoms with Gasteiger partial charge in [-0.3, -0.25) is 0 Å². The minimum atomic E-state index is -0.0118. The van der Waals surface area contributed by atoms with Gasteiger partial charge in [0.2, 0.25) is 0 Å². The number of para-hydroxylation sites is 2. The second-order valence-corrected chi connectivity index (χ2v) is 5.93. The van der Waals surface area contributed by atoms with E-state index in [0.717, 1.165) is 36.2 Å². The van der Waals surface area contributed by atoms with Gasteiger partial charge < -0.3 is 10.3 Å². The van der Waals surface area contributed by atoms with Crippen molar-refractivity contribution in [2.24, 2.45) is 5.73 Å². The summed E-state index contributed by atoms with van der Waals surface area (Å²) in [4.78, 5) is 4.79. The Morgan fingerprint density at radius 3 is 2.73 bits per heavy atom. The van der Waals surface area contributed by atoms with Crippen LogP contribution >= 0.6 is 0 Å². The van der Waals surface area contributed by atoms with Gasteiger partial charge in [-0.1, -0.05) is 55.3 Å². The molecule has 22 heavy (non-hydrogen) atoms. The summed E-state index contributed by atoms with van der Waals surface area (Å²) in [6.07, 6.45) is 2.02. The van der Waals surface area contributed by atoms with E-state index < -0.39 is 0 Å². The average molecular weight is 293 g/mol. The Morgan fingerprint density at radius 2 is 1.95 bits per heavy atom. The van der Waals surface area contributed by atoms with Gasteiger partial charge in [-0.05, 0) is 31.0 Å². The van der Waals surface area contributed by atoms with Crippen LogP contribution in [0.25, 0.3) is 11.0 Å². The van der Waals surface area contributed by atoms with Crippen LogP contribution in [0, 0.1) is 6.92 Å². The highest BCUT2D eigenvalue weighted by Crippen LogP contribution is 2.23. The molecule has 0 amide bonds. The van der Waals surface area contributed by atoms with Gasteiger partial charge in [-0.15, -0.1) is 0 Å². The van der Waals surface area contributed by atoms with Crippen molar-refractivity contribution in [2.45, 2.75) is 39.3 Å². The molecule has 0 radical (unpaired) electrons. The summed E-state index contributed by atoms with van der Waals surface area (Å²) >= 11 is 0. The van der Waals surface area contributed by atoms with Crippen LogP contribution < -0.4 is 5.73 Å². The number of imidazole rings is 1. The third kappa shape index (κ3) is 2.90. The van der Waals surface area contributed by atoms with Gasteiger partial charge in [0.25, 0.3) is 0 Å². The highest BCUT2D eigenvalue weighted by molar-refractivity contribution is 5.76. The van der Waals surface area contributed by atoms with Gasteiger partial charge >= 0.3 is 0 Å². The summed E-state index contributed by atoms with van der Waals surface area (Å²) in [5.41, 5.74) is 11.1. The van der Waals surface area contributed by atoms with Crippen molar-refractivity contribution < 1.29 is 0 Å². The Bertz CT molecular complexity index is 773. The van der Waals surface area contributed by atoms with Gasteiger partial charge in [0.1, 0.15) is 5.82 Å². The van der Waals surface area contributed by atoms with Crippen LogP contribution in [0.5, 0.6) is 0 Å². The van der Waals surface area contributed by atoms with Gasteiger partial charge in [-0.25, -0.2) is 4.98 Å². The highest BCUT2D eigenvalue weighted by Gasteiger charge is 2.16. The molecule has 2 N–H and O–H groups in total. The van der Waals surface area contributed by atoms with Crippen molar-refractivity contribution in [3.8, 4) is 0 Å². The molecule has 0 spiro atoms. The maximum atomic E-state index is 6.37. The Balaban J connectivity index is 2.07. The van der Waals surface area contributed by atoms with E-state index in [1.54, 1.807) is 0 Å². The second kappa shape index (κ2) is 6.32. The van der Waals surface area contributed by atoms with E-state index >= 15 is 0 Å². The molecule has 0 saturated carbocycles. The molecular weight excluding hydrogens is 270 g/mol. The number of nitrogens with zero attached hydrogens (tertiary/aromatic N) is 2. The highest BCUT2D eigenvalue weighted by atomic mass is 15.1. The largest absolute Gasteiger partial charge is 0.322 e. The Labute approximate surface area is 131 Å². The summed E-state index contributed by atoms with van der Waals surface area (Å²) in [5, 5.41) is 0. The molecule has 3 rings (SSSR count). The predicted octanol–water partition coefficient (Wildman–Crippen LogP) is 4.19. The van der Waals surface area contributed by atoms with Crippen LogP contribution in [-0.2, 0) is 6.54 Å². The molecule has 0 aliphatic rings.